The summed E-state index contributed by atoms with van der Waals surface area (Å²) >= 11 is 0. The standard InChI is InChI=1S/C32H31N3O4/c1-4-39-25-14-8-5-10-20(25)28(36)26-24-13-9-15-35(24)32(22-17-18(2)16-19(3)27(22)34-30(32)38)31(26)21-11-6-7-12-23(21)33-29(31)37/h5-8,10-12,14,16-17,24,26H,4,9,13,15H2,1-3H3,(H,33,37)(H,34,38)/t24-,26+,31+,32-/m0/s1. The SMILES string of the molecule is CCOc1ccccc1C(=O)[C@H]1[C@@H]2CCCN2[C@@]2(C(=O)Nc3c(C)cc(C)cc32)[C@@]12C(=O)Nc1ccccc12. The lowest BCUT2D eigenvalue weighted by atomic mass is 9.57. The first-order chi connectivity index (χ1) is 18.9. The van der Waals surface area contributed by atoms with Gasteiger partial charge in [0, 0.05) is 23.0 Å². The summed E-state index contributed by atoms with van der Waals surface area (Å²) in [5.41, 5.74) is 2.49. The molecule has 4 heterocycles. The number of carbonyl (C=O) groups excluding carboxylic acids is 3. The van der Waals surface area contributed by atoms with E-state index in [0.29, 0.717) is 35.7 Å². The van der Waals surface area contributed by atoms with Crippen LogP contribution in [-0.2, 0) is 20.5 Å². The van der Waals surface area contributed by atoms with Gasteiger partial charge in [0.2, 0.25) is 5.91 Å². The Morgan fingerprint density at radius 3 is 2.59 bits per heavy atom. The Kier molecular flexibility index (Phi) is 5.11. The molecule has 0 saturated carbocycles. The predicted molar refractivity (Wildman–Crippen MR) is 148 cm³/mol. The number of fused-ring (bicyclic) bond motifs is 7. The van der Waals surface area contributed by atoms with Crippen molar-refractivity contribution in [2.45, 2.75) is 50.6 Å². The molecule has 2 spiro atoms. The molecule has 4 atom stereocenters. The Bertz CT molecular complexity index is 1580. The van der Waals surface area contributed by atoms with Crippen molar-refractivity contribution in [3.63, 3.8) is 0 Å². The number of benzene rings is 3. The Balaban J connectivity index is 1.59. The fourth-order valence-corrected chi connectivity index (χ4v) is 8.16. The number of nitrogens with one attached hydrogen (secondary N) is 2. The number of ether oxygens (including phenoxy) is 1. The Morgan fingerprint density at radius 2 is 1.77 bits per heavy atom. The van der Waals surface area contributed by atoms with Gasteiger partial charge in [0.05, 0.1) is 18.1 Å². The molecule has 4 aliphatic heterocycles. The van der Waals surface area contributed by atoms with Crippen molar-refractivity contribution in [3.8, 4) is 5.75 Å². The molecule has 0 aliphatic carbocycles. The number of hydrogen-bond acceptors (Lipinski definition) is 5. The summed E-state index contributed by atoms with van der Waals surface area (Å²) in [5.74, 6) is -0.987. The summed E-state index contributed by atoms with van der Waals surface area (Å²) in [6.45, 7) is 6.92. The number of amides is 2. The minimum Gasteiger partial charge on any atom is -0.493 e. The number of carbonyl (C=O) groups is 3. The average Bonchev–Trinajstić information content (AvgIpc) is 3.64. The second kappa shape index (κ2) is 8.26. The van der Waals surface area contributed by atoms with E-state index in [1.165, 1.54) is 0 Å². The molecule has 0 radical (unpaired) electrons. The number of ketones is 1. The van der Waals surface area contributed by atoms with Gasteiger partial charge in [0.25, 0.3) is 5.91 Å². The number of para-hydroxylation sites is 2. The first kappa shape index (κ1) is 24.1. The van der Waals surface area contributed by atoms with Gasteiger partial charge in [0.1, 0.15) is 16.7 Å². The van der Waals surface area contributed by atoms with E-state index in [-0.39, 0.29) is 23.6 Å². The van der Waals surface area contributed by atoms with Crippen LogP contribution in [-0.4, -0.2) is 41.7 Å². The number of aryl methyl sites for hydroxylation is 2. The van der Waals surface area contributed by atoms with Gasteiger partial charge in [-0.05, 0) is 69.5 Å². The van der Waals surface area contributed by atoms with Gasteiger partial charge >= 0.3 is 0 Å². The van der Waals surface area contributed by atoms with Gasteiger partial charge in [0.15, 0.2) is 5.78 Å². The average molecular weight is 522 g/mol. The number of rotatable bonds is 4. The molecule has 2 N–H and O–H groups in total. The molecular formula is C32H31N3O4. The van der Waals surface area contributed by atoms with Crippen LogP contribution in [0, 0.1) is 19.8 Å². The molecule has 39 heavy (non-hydrogen) atoms. The number of anilines is 2. The largest absolute Gasteiger partial charge is 0.493 e. The molecule has 0 unspecified atom stereocenters. The highest BCUT2D eigenvalue weighted by Crippen LogP contribution is 2.68. The molecule has 7 rings (SSSR count). The Labute approximate surface area is 227 Å². The fourth-order valence-electron chi connectivity index (χ4n) is 8.16. The van der Waals surface area contributed by atoms with E-state index >= 15 is 0 Å². The van der Waals surface area contributed by atoms with Gasteiger partial charge in [-0.1, -0.05) is 48.0 Å². The third-order valence-electron chi connectivity index (χ3n) is 9.28. The highest BCUT2D eigenvalue weighted by atomic mass is 16.5. The van der Waals surface area contributed by atoms with Crippen molar-refractivity contribution in [1.82, 2.24) is 4.90 Å². The summed E-state index contributed by atoms with van der Waals surface area (Å²) in [4.78, 5) is 46.3. The quantitative estimate of drug-likeness (QED) is 0.486. The molecule has 3 aromatic carbocycles. The molecule has 2 amide bonds. The maximum absolute atomic E-state index is 14.9. The van der Waals surface area contributed by atoms with Crippen LogP contribution in [0.3, 0.4) is 0 Å². The minimum absolute atomic E-state index is 0.162. The van der Waals surface area contributed by atoms with Crippen LogP contribution in [0.1, 0.15) is 52.4 Å². The maximum atomic E-state index is 14.9. The smallest absolute Gasteiger partial charge is 0.251 e. The second-order valence-corrected chi connectivity index (χ2v) is 11.2. The molecule has 2 fully saturated rings. The lowest BCUT2D eigenvalue weighted by Crippen LogP contribution is -2.62. The molecular weight excluding hydrogens is 490 g/mol. The highest BCUT2D eigenvalue weighted by molar-refractivity contribution is 6.21. The van der Waals surface area contributed by atoms with E-state index in [9.17, 15) is 14.4 Å². The molecule has 0 aromatic heterocycles. The second-order valence-electron chi connectivity index (χ2n) is 11.2. The van der Waals surface area contributed by atoms with Crippen molar-refractivity contribution < 1.29 is 19.1 Å². The topological polar surface area (TPSA) is 87.7 Å². The molecule has 3 aromatic rings. The van der Waals surface area contributed by atoms with Crippen LogP contribution in [0.25, 0.3) is 0 Å². The van der Waals surface area contributed by atoms with Gasteiger partial charge < -0.3 is 15.4 Å². The van der Waals surface area contributed by atoms with Crippen molar-refractivity contribution >= 4 is 29.0 Å². The Morgan fingerprint density at radius 1 is 1.00 bits per heavy atom. The van der Waals surface area contributed by atoms with Crippen molar-refractivity contribution in [2.24, 2.45) is 5.92 Å². The van der Waals surface area contributed by atoms with Crippen LogP contribution < -0.4 is 15.4 Å². The van der Waals surface area contributed by atoms with Crippen LogP contribution in [0.4, 0.5) is 11.4 Å². The zero-order valence-corrected chi connectivity index (χ0v) is 22.3. The van der Waals surface area contributed by atoms with Gasteiger partial charge in [-0.2, -0.15) is 0 Å². The van der Waals surface area contributed by atoms with E-state index in [2.05, 4.69) is 15.5 Å². The van der Waals surface area contributed by atoms with E-state index in [1.807, 2.05) is 69.3 Å². The van der Waals surface area contributed by atoms with Crippen LogP contribution in [0.2, 0.25) is 0 Å². The third kappa shape index (κ3) is 2.78. The molecule has 7 heteroatoms. The summed E-state index contributed by atoms with van der Waals surface area (Å²) < 4.78 is 5.89. The summed E-state index contributed by atoms with van der Waals surface area (Å²) in [5, 5.41) is 6.27. The monoisotopic (exact) mass is 521 g/mol. The van der Waals surface area contributed by atoms with E-state index in [1.54, 1.807) is 12.1 Å². The highest BCUT2D eigenvalue weighted by Gasteiger charge is 2.81. The molecule has 2 saturated heterocycles. The lowest BCUT2D eigenvalue weighted by Gasteiger charge is -2.43. The van der Waals surface area contributed by atoms with E-state index in [4.69, 9.17) is 4.74 Å². The van der Waals surface area contributed by atoms with Crippen molar-refractivity contribution in [2.75, 3.05) is 23.8 Å². The first-order valence-electron chi connectivity index (χ1n) is 13.7. The zero-order chi connectivity index (χ0) is 27.1. The number of nitrogens with zero attached hydrogens (tertiary/aromatic N) is 1. The number of Topliss-reactive ketones (excluding diaryl/α,β-unsaturated/α-hetero) is 1. The predicted octanol–water partition coefficient (Wildman–Crippen LogP) is 4.72. The number of hydrogen-bond donors (Lipinski definition) is 2. The zero-order valence-electron chi connectivity index (χ0n) is 22.3. The molecule has 198 valence electrons. The summed E-state index contributed by atoms with van der Waals surface area (Å²) in [7, 11) is 0. The van der Waals surface area contributed by atoms with Gasteiger partial charge in [-0.3, -0.25) is 19.3 Å². The van der Waals surface area contributed by atoms with Gasteiger partial charge in [-0.25, -0.2) is 0 Å². The minimum atomic E-state index is -1.46. The van der Waals surface area contributed by atoms with Crippen molar-refractivity contribution in [3.05, 3.63) is 88.5 Å². The molecule has 7 nitrogen and oxygen atoms in total. The third-order valence-corrected chi connectivity index (χ3v) is 9.28. The molecule has 0 bridgehead atoms. The lowest BCUT2D eigenvalue weighted by molar-refractivity contribution is -0.137. The summed E-state index contributed by atoms with van der Waals surface area (Å²) in [6, 6.07) is 18.6. The van der Waals surface area contributed by atoms with Crippen LogP contribution in [0.5, 0.6) is 5.75 Å². The maximum Gasteiger partial charge on any atom is 0.251 e. The van der Waals surface area contributed by atoms with Crippen LogP contribution >= 0.6 is 0 Å². The van der Waals surface area contributed by atoms with Crippen molar-refractivity contribution in [1.29, 1.82) is 0 Å². The van der Waals surface area contributed by atoms with Gasteiger partial charge in [-0.15, -0.1) is 0 Å². The Hall–Kier alpha value is -3.97. The van der Waals surface area contributed by atoms with E-state index < -0.39 is 16.9 Å². The normalized spacial score (nSPS) is 28.4. The first-order valence-corrected chi connectivity index (χ1v) is 13.7. The summed E-state index contributed by atoms with van der Waals surface area (Å²) in [6.07, 6.45) is 1.57. The fraction of sp³-hybridized carbons (Fsp3) is 0.344. The van der Waals surface area contributed by atoms with Crippen LogP contribution in [0.15, 0.2) is 60.7 Å². The van der Waals surface area contributed by atoms with E-state index in [0.717, 1.165) is 35.2 Å². The molecule has 4 aliphatic rings.